The Morgan fingerprint density at radius 3 is 2.68 bits per heavy atom. The number of halogens is 1. The van der Waals surface area contributed by atoms with Crippen LogP contribution >= 0.6 is 22.9 Å². The van der Waals surface area contributed by atoms with E-state index < -0.39 is 0 Å². The van der Waals surface area contributed by atoms with Gasteiger partial charge in [-0.25, -0.2) is 4.98 Å². The van der Waals surface area contributed by atoms with Crippen molar-refractivity contribution in [2.45, 2.75) is 6.92 Å². The van der Waals surface area contributed by atoms with Crippen LogP contribution in [0.25, 0.3) is 21.5 Å². The zero-order valence-corrected chi connectivity index (χ0v) is 16.9. The molecule has 0 aliphatic rings. The van der Waals surface area contributed by atoms with Crippen molar-refractivity contribution in [3.05, 3.63) is 76.1 Å². The topological polar surface area (TPSA) is 51.2 Å². The van der Waals surface area contributed by atoms with Gasteiger partial charge in [0, 0.05) is 5.39 Å². The number of para-hydroxylation sites is 1. The first-order valence-corrected chi connectivity index (χ1v) is 9.86. The normalized spacial score (nSPS) is 10.8. The molecule has 4 aromatic rings. The van der Waals surface area contributed by atoms with Gasteiger partial charge in [-0.1, -0.05) is 35.9 Å². The van der Waals surface area contributed by atoms with E-state index in [-0.39, 0.29) is 5.91 Å². The third-order valence-corrected chi connectivity index (χ3v) is 5.64. The first-order valence-electron chi connectivity index (χ1n) is 8.66. The number of nitrogens with one attached hydrogen (secondary N) is 1. The molecule has 0 saturated heterocycles. The lowest BCUT2D eigenvalue weighted by atomic mass is 10.1. The van der Waals surface area contributed by atoms with E-state index in [4.69, 9.17) is 21.3 Å². The summed E-state index contributed by atoms with van der Waals surface area (Å²) >= 11 is 7.52. The van der Waals surface area contributed by atoms with Crippen LogP contribution in [0.5, 0.6) is 5.75 Å². The van der Waals surface area contributed by atoms with Gasteiger partial charge in [0.15, 0.2) is 0 Å². The van der Waals surface area contributed by atoms with Crippen LogP contribution in [0.4, 0.5) is 5.69 Å². The van der Waals surface area contributed by atoms with Crippen LogP contribution < -0.4 is 10.1 Å². The monoisotopic (exact) mass is 408 g/mol. The number of hydrogen-bond acceptors (Lipinski definition) is 4. The number of rotatable bonds is 4. The van der Waals surface area contributed by atoms with Gasteiger partial charge < -0.3 is 10.1 Å². The number of aromatic nitrogens is 1. The molecule has 2 heterocycles. The number of pyridine rings is 1. The minimum atomic E-state index is -0.216. The van der Waals surface area contributed by atoms with Crippen molar-refractivity contribution in [3.63, 3.8) is 0 Å². The molecular formula is C22H17ClN2O2S. The SMILES string of the molecule is COc1ccc(C)cc1NC(=O)c1cc(-c2ccc(Cl)s2)nc2ccccc12. The van der Waals surface area contributed by atoms with E-state index in [2.05, 4.69) is 5.32 Å². The number of anilines is 1. The van der Waals surface area contributed by atoms with Gasteiger partial charge in [-0.15, -0.1) is 11.3 Å². The molecule has 28 heavy (non-hydrogen) atoms. The summed E-state index contributed by atoms with van der Waals surface area (Å²) in [6, 6.07) is 18.8. The van der Waals surface area contributed by atoms with Crippen LogP contribution in [0.3, 0.4) is 0 Å². The van der Waals surface area contributed by atoms with Gasteiger partial charge in [0.1, 0.15) is 5.75 Å². The fourth-order valence-electron chi connectivity index (χ4n) is 3.05. The van der Waals surface area contributed by atoms with E-state index in [0.29, 0.717) is 21.3 Å². The number of ether oxygens (including phenoxy) is 1. The summed E-state index contributed by atoms with van der Waals surface area (Å²) in [5, 5.41) is 3.77. The van der Waals surface area contributed by atoms with Crippen molar-refractivity contribution >= 4 is 45.4 Å². The molecule has 4 rings (SSSR count). The van der Waals surface area contributed by atoms with Crippen molar-refractivity contribution in [2.75, 3.05) is 12.4 Å². The van der Waals surface area contributed by atoms with E-state index in [1.165, 1.54) is 11.3 Å². The highest BCUT2D eigenvalue weighted by Gasteiger charge is 2.16. The molecule has 1 N–H and O–H groups in total. The van der Waals surface area contributed by atoms with Crippen LogP contribution in [0.1, 0.15) is 15.9 Å². The molecule has 0 unspecified atom stereocenters. The molecule has 2 aromatic carbocycles. The third kappa shape index (κ3) is 3.59. The number of carbonyl (C=O) groups is 1. The smallest absolute Gasteiger partial charge is 0.256 e. The average Bonchev–Trinajstić information content (AvgIpc) is 3.13. The second-order valence-corrected chi connectivity index (χ2v) is 8.05. The number of hydrogen-bond donors (Lipinski definition) is 1. The van der Waals surface area contributed by atoms with Crippen LogP contribution in [-0.2, 0) is 0 Å². The predicted octanol–water partition coefficient (Wildman–Crippen LogP) is 6.19. The summed E-state index contributed by atoms with van der Waals surface area (Å²) in [5.74, 6) is 0.397. The summed E-state index contributed by atoms with van der Waals surface area (Å²) in [6.07, 6.45) is 0. The summed E-state index contributed by atoms with van der Waals surface area (Å²) in [4.78, 5) is 18.8. The number of methoxy groups -OCH3 is 1. The number of nitrogens with zero attached hydrogens (tertiary/aromatic N) is 1. The Morgan fingerprint density at radius 1 is 1.11 bits per heavy atom. The zero-order valence-electron chi connectivity index (χ0n) is 15.3. The molecule has 0 aliphatic heterocycles. The highest BCUT2D eigenvalue weighted by molar-refractivity contribution is 7.19. The molecule has 0 spiro atoms. The lowest BCUT2D eigenvalue weighted by molar-refractivity contribution is 0.102. The lowest BCUT2D eigenvalue weighted by Gasteiger charge is -2.13. The van der Waals surface area contributed by atoms with Crippen molar-refractivity contribution in [2.24, 2.45) is 0 Å². The Hall–Kier alpha value is -2.89. The van der Waals surface area contributed by atoms with E-state index in [1.54, 1.807) is 7.11 Å². The first-order chi connectivity index (χ1) is 13.5. The predicted molar refractivity (Wildman–Crippen MR) is 116 cm³/mol. The Kier molecular flexibility index (Phi) is 5.03. The molecule has 0 atom stereocenters. The van der Waals surface area contributed by atoms with Crippen molar-refractivity contribution in [3.8, 4) is 16.3 Å². The highest BCUT2D eigenvalue weighted by Crippen LogP contribution is 2.33. The van der Waals surface area contributed by atoms with Gasteiger partial charge in [-0.3, -0.25) is 4.79 Å². The largest absolute Gasteiger partial charge is 0.495 e. The highest BCUT2D eigenvalue weighted by atomic mass is 35.5. The van der Waals surface area contributed by atoms with Crippen LogP contribution in [0.15, 0.2) is 60.7 Å². The summed E-state index contributed by atoms with van der Waals surface area (Å²) < 4.78 is 6.06. The molecule has 6 heteroatoms. The minimum absolute atomic E-state index is 0.216. The Bertz CT molecular complexity index is 1190. The molecule has 0 bridgehead atoms. The zero-order chi connectivity index (χ0) is 19.7. The Labute approximate surface area is 171 Å². The fraction of sp³-hybridized carbons (Fsp3) is 0.0909. The molecule has 0 fully saturated rings. The van der Waals surface area contributed by atoms with Crippen molar-refractivity contribution < 1.29 is 9.53 Å². The van der Waals surface area contributed by atoms with E-state index >= 15 is 0 Å². The number of benzene rings is 2. The fourth-order valence-corrected chi connectivity index (χ4v) is 4.05. The molecule has 1 amide bonds. The summed E-state index contributed by atoms with van der Waals surface area (Å²) in [5.41, 5.74) is 3.69. The third-order valence-electron chi connectivity index (χ3n) is 4.39. The van der Waals surface area contributed by atoms with Crippen LogP contribution in [0, 0.1) is 6.92 Å². The van der Waals surface area contributed by atoms with Gasteiger partial charge in [-0.05, 0) is 48.9 Å². The minimum Gasteiger partial charge on any atom is -0.495 e. The van der Waals surface area contributed by atoms with Crippen molar-refractivity contribution in [1.82, 2.24) is 4.98 Å². The maximum Gasteiger partial charge on any atom is 0.256 e. The average molecular weight is 409 g/mol. The molecule has 0 saturated carbocycles. The van der Waals surface area contributed by atoms with Gasteiger partial charge >= 0.3 is 0 Å². The van der Waals surface area contributed by atoms with Gasteiger partial charge in [0.05, 0.1) is 38.8 Å². The molecule has 4 nitrogen and oxygen atoms in total. The second-order valence-electron chi connectivity index (χ2n) is 6.33. The van der Waals surface area contributed by atoms with Gasteiger partial charge in [0.25, 0.3) is 5.91 Å². The van der Waals surface area contributed by atoms with E-state index in [1.807, 2.05) is 67.6 Å². The number of amides is 1. The molecule has 0 radical (unpaired) electrons. The maximum absolute atomic E-state index is 13.2. The standard InChI is InChI=1S/C22H17ClN2O2S/c1-13-7-8-19(27-2)17(11-13)25-22(26)15-12-18(20-9-10-21(23)28-20)24-16-6-4-3-5-14(15)16/h3-12H,1-2H3,(H,25,26). The first kappa shape index (κ1) is 18.5. The number of fused-ring (bicyclic) bond motifs is 1. The maximum atomic E-state index is 13.2. The number of carbonyl (C=O) groups excluding carboxylic acids is 1. The molecule has 140 valence electrons. The van der Waals surface area contributed by atoms with E-state index in [0.717, 1.165) is 27.0 Å². The van der Waals surface area contributed by atoms with Crippen LogP contribution in [0.2, 0.25) is 4.34 Å². The number of aryl methyl sites for hydroxylation is 1. The van der Waals surface area contributed by atoms with Gasteiger partial charge in [-0.2, -0.15) is 0 Å². The summed E-state index contributed by atoms with van der Waals surface area (Å²) in [7, 11) is 1.58. The Morgan fingerprint density at radius 2 is 1.93 bits per heavy atom. The molecular weight excluding hydrogens is 392 g/mol. The second kappa shape index (κ2) is 7.62. The quantitative estimate of drug-likeness (QED) is 0.438. The van der Waals surface area contributed by atoms with Crippen LogP contribution in [-0.4, -0.2) is 18.0 Å². The van der Waals surface area contributed by atoms with E-state index in [9.17, 15) is 4.79 Å². The molecule has 2 aromatic heterocycles. The van der Waals surface area contributed by atoms with Gasteiger partial charge in [0.2, 0.25) is 0 Å². The summed E-state index contributed by atoms with van der Waals surface area (Å²) in [6.45, 7) is 1.97. The molecule has 0 aliphatic carbocycles. The van der Waals surface area contributed by atoms with Crippen molar-refractivity contribution in [1.29, 1.82) is 0 Å². The lowest BCUT2D eigenvalue weighted by Crippen LogP contribution is -2.14. The number of thiophene rings is 1. The Balaban J connectivity index is 1.81.